The van der Waals surface area contributed by atoms with Gasteiger partial charge in [-0.1, -0.05) is 36.0 Å². The zero-order chi connectivity index (χ0) is 9.97. The minimum absolute atomic E-state index is 0.127. The van der Waals surface area contributed by atoms with Crippen molar-refractivity contribution < 1.29 is 0 Å². The summed E-state index contributed by atoms with van der Waals surface area (Å²) in [5, 5.41) is 3.17. The Bertz CT molecular complexity index is 371. The van der Waals surface area contributed by atoms with Gasteiger partial charge in [-0.2, -0.15) is 4.91 Å². The molecule has 0 fully saturated rings. The third-order valence-corrected chi connectivity index (χ3v) is 2.81. The van der Waals surface area contributed by atoms with Gasteiger partial charge in [0.1, 0.15) is 6.04 Å². The topological polar surface area (TPSA) is 29.4 Å². The van der Waals surface area contributed by atoms with Gasteiger partial charge < -0.3 is 0 Å². The van der Waals surface area contributed by atoms with Gasteiger partial charge in [0, 0.05) is 0 Å². The van der Waals surface area contributed by atoms with Gasteiger partial charge in [0.05, 0.1) is 0 Å². The Morgan fingerprint density at radius 2 is 2.36 bits per heavy atom. The van der Waals surface area contributed by atoms with E-state index in [2.05, 4.69) is 17.8 Å². The molecule has 0 aromatic heterocycles. The van der Waals surface area contributed by atoms with Crippen molar-refractivity contribution in [3.63, 3.8) is 0 Å². The molecule has 1 aliphatic carbocycles. The Labute approximate surface area is 83.6 Å². The minimum atomic E-state index is -0.127. The summed E-state index contributed by atoms with van der Waals surface area (Å²) in [5.74, 6) is 0. The lowest BCUT2D eigenvalue weighted by Gasteiger charge is -2.20. The van der Waals surface area contributed by atoms with E-state index in [1.165, 1.54) is 5.56 Å². The molecule has 1 aromatic rings. The molecule has 0 amide bonds. The van der Waals surface area contributed by atoms with E-state index >= 15 is 0 Å². The van der Waals surface area contributed by atoms with Gasteiger partial charge in [-0.05, 0) is 36.0 Å². The number of fused-ring (bicyclic) bond motifs is 1. The van der Waals surface area contributed by atoms with Gasteiger partial charge in [-0.25, -0.2) is 0 Å². The van der Waals surface area contributed by atoms with Gasteiger partial charge in [0.2, 0.25) is 0 Å². The van der Waals surface area contributed by atoms with Crippen molar-refractivity contribution in [2.75, 3.05) is 0 Å². The third-order valence-electron chi connectivity index (χ3n) is 2.81. The Kier molecular flexibility index (Phi) is 2.44. The zero-order valence-corrected chi connectivity index (χ0v) is 8.07. The van der Waals surface area contributed by atoms with Crippen LogP contribution in [0.4, 0.5) is 0 Å². The minimum Gasteiger partial charge on any atom is -0.150 e. The molecule has 0 radical (unpaired) electrons. The lowest BCUT2D eigenvalue weighted by Crippen LogP contribution is -2.07. The summed E-state index contributed by atoms with van der Waals surface area (Å²) in [5.41, 5.74) is 3.49. The van der Waals surface area contributed by atoms with Crippen LogP contribution in [-0.2, 0) is 6.42 Å². The Morgan fingerprint density at radius 3 is 3.07 bits per heavy atom. The van der Waals surface area contributed by atoms with Crippen molar-refractivity contribution in [2.24, 2.45) is 5.18 Å². The molecular weight excluding hydrogens is 174 g/mol. The van der Waals surface area contributed by atoms with Crippen LogP contribution in [0, 0.1) is 4.91 Å². The molecule has 2 heteroatoms. The van der Waals surface area contributed by atoms with Crippen LogP contribution in [0.1, 0.15) is 35.6 Å². The Balaban J connectivity index is 2.45. The molecule has 0 N–H and O–H groups in total. The second kappa shape index (κ2) is 3.74. The van der Waals surface area contributed by atoms with E-state index in [-0.39, 0.29) is 6.04 Å². The summed E-state index contributed by atoms with van der Waals surface area (Å²) in [7, 11) is 0. The highest BCUT2D eigenvalue weighted by molar-refractivity contribution is 5.51. The second-order valence-corrected chi connectivity index (χ2v) is 3.68. The number of nitroso groups, excluding NO2 is 1. The number of aryl methyl sites for hydroxylation is 1. The molecular formula is C12H13NO. The van der Waals surface area contributed by atoms with Crippen molar-refractivity contribution in [2.45, 2.75) is 25.3 Å². The summed E-state index contributed by atoms with van der Waals surface area (Å²) in [6.45, 7) is 3.73. The van der Waals surface area contributed by atoms with Crippen LogP contribution in [0.2, 0.25) is 0 Å². The molecule has 0 aliphatic heterocycles. The maximum absolute atomic E-state index is 10.6. The van der Waals surface area contributed by atoms with Crippen LogP contribution >= 0.6 is 0 Å². The molecule has 0 saturated heterocycles. The van der Waals surface area contributed by atoms with Crippen LogP contribution in [-0.4, -0.2) is 0 Å². The van der Waals surface area contributed by atoms with Crippen LogP contribution in [0.25, 0.3) is 6.08 Å². The molecule has 1 aromatic carbocycles. The highest BCUT2D eigenvalue weighted by Gasteiger charge is 2.20. The molecule has 14 heavy (non-hydrogen) atoms. The van der Waals surface area contributed by atoms with Gasteiger partial charge in [-0.15, -0.1) is 0 Å². The van der Waals surface area contributed by atoms with Crippen molar-refractivity contribution in [1.82, 2.24) is 0 Å². The first-order valence-electron chi connectivity index (χ1n) is 4.93. The summed E-state index contributed by atoms with van der Waals surface area (Å²) >= 11 is 0. The molecule has 0 heterocycles. The maximum atomic E-state index is 10.6. The van der Waals surface area contributed by atoms with E-state index in [1.807, 2.05) is 18.2 Å². The Morgan fingerprint density at radius 1 is 1.50 bits per heavy atom. The summed E-state index contributed by atoms with van der Waals surface area (Å²) < 4.78 is 0. The fraction of sp³-hybridized carbons (Fsp3) is 0.333. The van der Waals surface area contributed by atoms with Crippen molar-refractivity contribution >= 4 is 6.08 Å². The van der Waals surface area contributed by atoms with Gasteiger partial charge in [0.25, 0.3) is 0 Å². The van der Waals surface area contributed by atoms with Gasteiger partial charge in [0.15, 0.2) is 0 Å². The third kappa shape index (κ3) is 1.48. The predicted octanol–water partition coefficient (Wildman–Crippen LogP) is 3.47. The fourth-order valence-electron chi connectivity index (χ4n) is 2.05. The zero-order valence-electron chi connectivity index (χ0n) is 8.07. The number of rotatable bonds is 2. The van der Waals surface area contributed by atoms with E-state index < -0.39 is 0 Å². The van der Waals surface area contributed by atoms with E-state index in [4.69, 9.17) is 0 Å². The molecule has 1 aliphatic rings. The first kappa shape index (κ1) is 9.13. The highest BCUT2D eigenvalue weighted by Crippen LogP contribution is 2.32. The van der Waals surface area contributed by atoms with E-state index in [9.17, 15) is 4.91 Å². The van der Waals surface area contributed by atoms with Crippen molar-refractivity contribution in [3.05, 3.63) is 46.4 Å². The fourth-order valence-corrected chi connectivity index (χ4v) is 2.05. The molecule has 1 atom stereocenters. The lowest BCUT2D eigenvalue weighted by atomic mass is 9.87. The first-order valence-corrected chi connectivity index (χ1v) is 4.93. The van der Waals surface area contributed by atoms with Crippen LogP contribution < -0.4 is 0 Å². The molecule has 0 bridgehead atoms. The quantitative estimate of drug-likeness (QED) is 0.652. The van der Waals surface area contributed by atoms with Crippen molar-refractivity contribution in [1.29, 1.82) is 0 Å². The van der Waals surface area contributed by atoms with E-state index in [1.54, 1.807) is 0 Å². The molecule has 72 valence electrons. The summed E-state index contributed by atoms with van der Waals surface area (Å²) in [6.07, 6.45) is 4.84. The molecule has 0 saturated carbocycles. The van der Waals surface area contributed by atoms with E-state index in [0.717, 1.165) is 30.4 Å². The van der Waals surface area contributed by atoms with Crippen LogP contribution in [0.3, 0.4) is 0 Å². The average molecular weight is 187 g/mol. The summed E-state index contributed by atoms with van der Waals surface area (Å²) in [6, 6.07) is 5.99. The predicted molar refractivity (Wildman–Crippen MR) is 58.0 cm³/mol. The largest absolute Gasteiger partial charge is 0.150 e. The lowest BCUT2D eigenvalue weighted by molar-refractivity contribution is 0.569. The van der Waals surface area contributed by atoms with Crippen LogP contribution in [0.5, 0.6) is 0 Å². The SMILES string of the molecule is C=Cc1ccc2c(c1)CCCC2N=O. The number of hydrogen-bond donors (Lipinski definition) is 0. The maximum Gasteiger partial charge on any atom is 0.117 e. The highest BCUT2D eigenvalue weighted by atomic mass is 16.3. The molecule has 2 rings (SSSR count). The number of nitrogens with zero attached hydrogens (tertiary/aromatic N) is 1. The smallest absolute Gasteiger partial charge is 0.117 e. The van der Waals surface area contributed by atoms with Gasteiger partial charge in [-0.3, -0.25) is 0 Å². The van der Waals surface area contributed by atoms with Crippen molar-refractivity contribution in [3.8, 4) is 0 Å². The molecule has 1 unspecified atom stereocenters. The molecule has 2 nitrogen and oxygen atoms in total. The van der Waals surface area contributed by atoms with Crippen LogP contribution in [0.15, 0.2) is 30.0 Å². The standard InChI is InChI=1S/C12H13NO/c1-2-9-6-7-11-10(8-9)4-3-5-12(11)13-14/h2,6-8,12H,1,3-5H2. The number of benzene rings is 1. The monoisotopic (exact) mass is 187 g/mol. The first-order chi connectivity index (χ1) is 6.85. The number of hydrogen-bond acceptors (Lipinski definition) is 2. The Hall–Kier alpha value is -1.44. The van der Waals surface area contributed by atoms with Gasteiger partial charge >= 0.3 is 0 Å². The van der Waals surface area contributed by atoms with E-state index in [0.29, 0.717) is 0 Å². The second-order valence-electron chi connectivity index (χ2n) is 3.68. The molecule has 0 spiro atoms. The normalized spacial score (nSPS) is 19.9. The average Bonchev–Trinajstić information content (AvgIpc) is 2.27. The summed E-state index contributed by atoms with van der Waals surface area (Å²) in [4.78, 5) is 10.6.